The van der Waals surface area contributed by atoms with Gasteiger partial charge in [-0.1, -0.05) is 26.8 Å². The van der Waals surface area contributed by atoms with Gasteiger partial charge in [0.2, 0.25) is 0 Å². The molecule has 0 spiro atoms. The van der Waals surface area contributed by atoms with E-state index in [9.17, 15) is 4.79 Å². The van der Waals surface area contributed by atoms with Crippen LogP contribution in [0.5, 0.6) is 0 Å². The standard InChI is InChI=1S/C14H22N2O/c1-14(2,3)10-15-13(17)11-7-6-8-12(9-11)16(4)5/h6-9H,10H2,1-5H3,(H,15,17). The summed E-state index contributed by atoms with van der Waals surface area (Å²) in [5, 5.41) is 2.95. The summed E-state index contributed by atoms with van der Waals surface area (Å²) in [6.07, 6.45) is 0. The number of nitrogens with zero attached hydrogens (tertiary/aromatic N) is 1. The van der Waals surface area contributed by atoms with Crippen molar-refractivity contribution in [1.29, 1.82) is 0 Å². The number of carbonyl (C=O) groups is 1. The predicted molar refractivity (Wildman–Crippen MR) is 72.6 cm³/mol. The highest BCUT2D eigenvalue weighted by molar-refractivity contribution is 5.95. The van der Waals surface area contributed by atoms with Gasteiger partial charge < -0.3 is 10.2 Å². The molecule has 0 aliphatic rings. The lowest BCUT2D eigenvalue weighted by molar-refractivity contribution is 0.0939. The van der Waals surface area contributed by atoms with Gasteiger partial charge in [0.05, 0.1) is 0 Å². The fourth-order valence-corrected chi connectivity index (χ4v) is 1.37. The first-order chi connectivity index (χ1) is 7.79. The molecule has 1 N–H and O–H groups in total. The quantitative estimate of drug-likeness (QED) is 0.871. The summed E-state index contributed by atoms with van der Waals surface area (Å²) >= 11 is 0. The number of anilines is 1. The molecule has 0 saturated heterocycles. The Hall–Kier alpha value is -1.51. The van der Waals surface area contributed by atoms with E-state index in [-0.39, 0.29) is 11.3 Å². The zero-order valence-electron chi connectivity index (χ0n) is 11.4. The Bertz CT molecular complexity index is 391. The molecule has 3 heteroatoms. The van der Waals surface area contributed by atoms with Crippen molar-refractivity contribution in [3.63, 3.8) is 0 Å². The lowest BCUT2D eigenvalue weighted by Crippen LogP contribution is -2.32. The highest BCUT2D eigenvalue weighted by Crippen LogP contribution is 2.14. The Morgan fingerprint density at radius 3 is 2.47 bits per heavy atom. The van der Waals surface area contributed by atoms with Crippen molar-refractivity contribution in [2.75, 3.05) is 25.5 Å². The molecule has 0 unspecified atom stereocenters. The minimum Gasteiger partial charge on any atom is -0.378 e. The molecule has 0 fully saturated rings. The van der Waals surface area contributed by atoms with Crippen LogP contribution in [0.25, 0.3) is 0 Å². The van der Waals surface area contributed by atoms with Crippen LogP contribution in [0.2, 0.25) is 0 Å². The zero-order valence-corrected chi connectivity index (χ0v) is 11.4. The summed E-state index contributed by atoms with van der Waals surface area (Å²) in [6, 6.07) is 7.63. The van der Waals surface area contributed by atoms with Gasteiger partial charge in [-0.05, 0) is 23.6 Å². The molecule has 0 radical (unpaired) electrons. The molecule has 94 valence electrons. The maximum Gasteiger partial charge on any atom is 0.251 e. The summed E-state index contributed by atoms with van der Waals surface area (Å²) in [5.74, 6) is -0.0105. The van der Waals surface area contributed by atoms with Gasteiger partial charge in [0, 0.05) is 31.9 Å². The average molecular weight is 234 g/mol. The van der Waals surface area contributed by atoms with Crippen LogP contribution in [0.15, 0.2) is 24.3 Å². The third-order valence-electron chi connectivity index (χ3n) is 2.40. The van der Waals surface area contributed by atoms with Crippen molar-refractivity contribution >= 4 is 11.6 Å². The third-order valence-corrected chi connectivity index (χ3v) is 2.40. The Morgan fingerprint density at radius 2 is 1.94 bits per heavy atom. The number of amides is 1. The molecule has 1 aromatic rings. The van der Waals surface area contributed by atoms with Crippen LogP contribution in [-0.2, 0) is 0 Å². The van der Waals surface area contributed by atoms with E-state index in [2.05, 4.69) is 26.1 Å². The maximum absolute atomic E-state index is 11.9. The van der Waals surface area contributed by atoms with Gasteiger partial charge in [0.1, 0.15) is 0 Å². The van der Waals surface area contributed by atoms with E-state index in [1.165, 1.54) is 0 Å². The molecule has 3 nitrogen and oxygen atoms in total. The largest absolute Gasteiger partial charge is 0.378 e. The molecule has 0 heterocycles. The van der Waals surface area contributed by atoms with E-state index in [4.69, 9.17) is 0 Å². The molecule has 1 aromatic carbocycles. The van der Waals surface area contributed by atoms with E-state index in [1.54, 1.807) is 0 Å². The van der Waals surface area contributed by atoms with Crippen molar-refractivity contribution < 1.29 is 4.79 Å². The van der Waals surface area contributed by atoms with E-state index in [1.807, 2.05) is 43.3 Å². The van der Waals surface area contributed by atoms with Gasteiger partial charge in [0.15, 0.2) is 0 Å². The predicted octanol–water partition coefficient (Wildman–Crippen LogP) is 2.53. The summed E-state index contributed by atoms with van der Waals surface area (Å²) in [7, 11) is 3.93. The summed E-state index contributed by atoms with van der Waals surface area (Å²) < 4.78 is 0. The minimum atomic E-state index is -0.0105. The molecule has 1 rings (SSSR count). The van der Waals surface area contributed by atoms with Crippen molar-refractivity contribution in [1.82, 2.24) is 5.32 Å². The first kappa shape index (κ1) is 13.6. The Balaban J connectivity index is 2.72. The molecule has 17 heavy (non-hydrogen) atoms. The van der Waals surface area contributed by atoms with Gasteiger partial charge in [0.25, 0.3) is 5.91 Å². The van der Waals surface area contributed by atoms with E-state index in [0.717, 1.165) is 5.69 Å². The third kappa shape index (κ3) is 4.47. The number of hydrogen-bond donors (Lipinski definition) is 1. The molecular formula is C14H22N2O. The average Bonchev–Trinajstić information content (AvgIpc) is 2.25. The lowest BCUT2D eigenvalue weighted by atomic mass is 9.97. The van der Waals surface area contributed by atoms with E-state index < -0.39 is 0 Å². The normalized spacial score (nSPS) is 11.1. The molecule has 0 aliphatic heterocycles. The highest BCUT2D eigenvalue weighted by Gasteiger charge is 2.13. The topological polar surface area (TPSA) is 32.3 Å². The fraction of sp³-hybridized carbons (Fsp3) is 0.500. The molecule has 0 aliphatic carbocycles. The first-order valence-corrected chi connectivity index (χ1v) is 5.85. The Labute approximate surface area is 104 Å². The molecule has 0 bridgehead atoms. The summed E-state index contributed by atoms with van der Waals surface area (Å²) in [6.45, 7) is 6.98. The Kier molecular flexibility index (Phi) is 4.16. The molecule has 1 amide bonds. The molecule has 0 aromatic heterocycles. The van der Waals surface area contributed by atoms with Crippen LogP contribution in [0, 0.1) is 5.41 Å². The van der Waals surface area contributed by atoms with Crippen LogP contribution >= 0.6 is 0 Å². The monoisotopic (exact) mass is 234 g/mol. The highest BCUT2D eigenvalue weighted by atomic mass is 16.1. The van der Waals surface area contributed by atoms with E-state index in [0.29, 0.717) is 12.1 Å². The van der Waals surface area contributed by atoms with Gasteiger partial charge in [-0.25, -0.2) is 0 Å². The first-order valence-electron chi connectivity index (χ1n) is 5.85. The summed E-state index contributed by atoms with van der Waals surface area (Å²) in [4.78, 5) is 13.9. The van der Waals surface area contributed by atoms with Crippen molar-refractivity contribution in [3.05, 3.63) is 29.8 Å². The Morgan fingerprint density at radius 1 is 1.29 bits per heavy atom. The van der Waals surface area contributed by atoms with Crippen molar-refractivity contribution in [2.24, 2.45) is 5.41 Å². The number of nitrogens with one attached hydrogen (secondary N) is 1. The van der Waals surface area contributed by atoms with Gasteiger partial charge >= 0.3 is 0 Å². The number of carbonyl (C=O) groups excluding carboxylic acids is 1. The van der Waals surface area contributed by atoms with Crippen LogP contribution in [0.4, 0.5) is 5.69 Å². The SMILES string of the molecule is CN(C)c1cccc(C(=O)NCC(C)(C)C)c1. The lowest BCUT2D eigenvalue weighted by Gasteiger charge is -2.19. The number of benzene rings is 1. The second kappa shape index (κ2) is 5.21. The second-order valence-electron chi connectivity index (χ2n) is 5.69. The zero-order chi connectivity index (χ0) is 13.1. The molecular weight excluding hydrogens is 212 g/mol. The van der Waals surface area contributed by atoms with Crippen LogP contribution in [-0.4, -0.2) is 26.5 Å². The molecule has 0 atom stereocenters. The number of rotatable bonds is 3. The van der Waals surface area contributed by atoms with Gasteiger partial charge in [-0.2, -0.15) is 0 Å². The van der Waals surface area contributed by atoms with Crippen LogP contribution < -0.4 is 10.2 Å². The van der Waals surface area contributed by atoms with Crippen LogP contribution in [0.3, 0.4) is 0 Å². The summed E-state index contributed by atoms with van der Waals surface area (Å²) in [5.41, 5.74) is 1.85. The van der Waals surface area contributed by atoms with Crippen molar-refractivity contribution in [2.45, 2.75) is 20.8 Å². The van der Waals surface area contributed by atoms with E-state index >= 15 is 0 Å². The fourth-order valence-electron chi connectivity index (χ4n) is 1.37. The maximum atomic E-state index is 11.9. The minimum absolute atomic E-state index is 0.0105. The van der Waals surface area contributed by atoms with Crippen molar-refractivity contribution in [3.8, 4) is 0 Å². The second-order valence-corrected chi connectivity index (χ2v) is 5.69. The van der Waals surface area contributed by atoms with Gasteiger partial charge in [-0.15, -0.1) is 0 Å². The smallest absolute Gasteiger partial charge is 0.251 e. The number of hydrogen-bond acceptors (Lipinski definition) is 2. The van der Waals surface area contributed by atoms with Crippen LogP contribution in [0.1, 0.15) is 31.1 Å². The van der Waals surface area contributed by atoms with Gasteiger partial charge in [-0.3, -0.25) is 4.79 Å². The molecule has 0 saturated carbocycles.